The summed E-state index contributed by atoms with van der Waals surface area (Å²) >= 11 is 0. The number of anilines is 2. The lowest BCUT2D eigenvalue weighted by Gasteiger charge is -2.26. The molecule has 1 N–H and O–H groups in total. The number of rotatable bonds is 3. The second-order valence-corrected chi connectivity index (χ2v) is 7.22. The average Bonchev–Trinajstić information content (AvgIpc) is 2.70. The van der Waals surface area contributed by atoms with E-state index in [1.807, 2.05) is 45.9 Å². The molecule has 0 aromatic heterocycles. The predicted molar refractivity (Wildman–Crippen MR) is 103 cm³/mol. The molecule has 0 saturated heterocycles. The molecule has 1 aliphatic heterocycles. The van der Waals surface area contributed by atoms with E-state index < -0.39 is 5.41 Å². The van der Waals surface area contributed by atoms with Crippen molar-refractivity contribution >= 4 is 23.2 Å². The number of fused-ring (bicyclic) bond motifs is 1. The summed E-state index contributed by atoms with van der Waals surface area (Å²) in [5.74, 6) is 0.463. The van der Waals surface area contributed by atoms with Gasteiger partial charge in [-0.25, -0.2) is 0 Å². The minimum atomic E-state index is -0.597. The third-order valence-corrected chi connectivity index (χ3v) is 4.55. The smallest absolute Gasteiger partial charge is 0.255 e. The Labute approximate surface area is 154 Å². The van der Waals surface area contributed by atoms with Crippen LogP contribution in [0.3, 0.4) is 0 Å². The van der Waals surface area contributed by atoms with E-state index in [-0.39, 0.29) is 11.8 Å². The van der Waals surface area contributed by atoms with Crippen molar-refractivity contribution in [3.8, 4) is 5.75 Å². The van der Waals surface area contributed by atoms with Crippen LogP contribution in [0.15, 0.2) is 42.5 Å². The van der Waals surface area contributed by atoms with Crippen LogP contribution in [-0.2, 0) is 4.79 Å². The van der Waals surface area contributed by atoms with Gasteiger partial charge in [0.25, 0.3) is 5.91 Å². The van der Waals surface area contributed by atoms with E-state index >= 15 is 0 Å². The van der Waals surface area contributed by atoms with Crippen LogP contribution < -0.4 is 15.0 Å². The molecule has 0 atom stereocenters. The number of amides is 2. The second kappa shape index (κ2) is 6.83. The molecule has 1 heterocycles. The third-order valence-electron chi connectivity index (χ3n) is 4.55. The number of nitrogens with zero attached hydrogens (tertiary/aromatic N) is 1. The number of aryl methyl sites for hydroxylation is 1. The molecule has 0 bridgehead atoms. The van der Waals surface area contributed by atoms with Crippen LogP contribution in [0.5, 0.6) is 5.75 Å². The zero-order valence-electron chi connectivity index (χ0n) is 15.6. The Hall–Kier alpha value is -2.82. The van der Waals surface area contributed by atoms with Gasteiger partial charge < -0.3 is 15.0 Å². The summed E-state index contributed by atoms with van der Waals surface area (Å²) in [6, 6.07) is 12.8. The molecule has 26 heavy (non-hydrogen) atoms. The van der Waals surface area contributed by atoms with Crippen molar-refractivity contribution in [2.75, 3.05) is 23.4 Å². The van der Waals surface area contributed by atoms with Crippen molar-refractivity contribution in [2.45, 2.75) is 27.7 Å². The molecule has 2 aromatic carbocycles. The van der Waals surface area contributed by atoms with Crippen molar-refractivity contribution in [1.82, 2.24) is 0 Å². The quantitative estimate of drug-likeness (QED) is 0.908. The number of carbonyl (C=O) groups is 2. The molecule has 0 fully saturated rings. The lowest BCUT2D eigenvalue weighted by molar-refractivity contribution is -0.127. The van der Waals surface area contributed by atoms with Crippen molar-refractivity contribution < 1.29 is 14.3 Å². The monoisotopic (exact) mass is 352 g/mol. The fraction of sp³-hybridized carbons (Fsp3) is 0.333. The maximum absolute atomic E-state index is 12.7. The fourth-order valence-electron chi connectivity index (χ4n) is 2.95. The van der Waals surface area contributed by atoms with E-state index in [0.717, 1.165) is 11.3 Å². The topological polar surface area (TPSA) is 58.6 Å². The molecule has 1 aliphatic rings. The lowest BCUT2D eigenvalue weighted by atomic mass is 9.93. The molecule has 0 spiro atoms. The summed E-state index contributed by atoms with van der Waals surface area (Å²) in [6.45, 7) is 8.54. The van der Waals surface area contributed by atoms with Crippen molar-refractivity contribution in [3.63, 3.8) is 0 Å². The molecule has 2 amide bonds. The fourth-order valence-corrected chi connectivity index (χ4v) is 2.95. The summed E-state index contributed by atoms with van der Waals surface area (Å²) in [5, 5.41) is 2.89. The van der Waals surface area contributed by atoms with Gasteiger partial charge in [-0.2, -0.15) is 0 Å². The van der Waals surface area contributed by atoms with Crippen molar-refractivity contribution in [3.05, 3.63) is 53.6 Å². The Morgan fingerprint density at radius 1 is 1.19 bits per heavy atom. The first-order chi connectivity index (χ1) is 12.3. The summed E-state index contributed by atoms with van der Waals surface area (Å²) in [6.07, 6.45) is 0. The first kappa shape index (κ1) is 18.0. The molecule has 0 saturated carbocycles. The van der Waals surface area contributed by atoms with Crippen molar-refractivity contribution in [2.24, 2.45) is 5.41 Å². The largest absolute Gasteiger partial charge is 0.490 e. The zero-order valence-corrected chi connectivity index (χ0v) is 15.6. The van der Waals surface area contributed by atoms with E-state index in [4.69, 9.17) is 4.74 Å². The number of benzene rings is 2. The van der Waals surface area contributed by atoms with Gasteiger partial charge in [0.1, 0.15) is 12.4 Å². The molecule has 136 valence electrons. The summed E-state index contributed by atoms with van der Waals surface area (Å²) in [4.78, 5) is 26.9. The minimum Gasteiger partial charge on any atom is -0.490 e. The van der Waals surface area contributed by atoms with E-state index in [9.17, 15) is 9.59 Å². The first-order valence-electron chi connectivity index (χ1n) is 8.78. The zero-order chi connectivity index (χ0) is 18.9. The molecular weight excluding hydrogens is 328 g/mol. The predicted octanol–water partition coefficient (Wildman–Crippen LogP) is 4.02. The molecule has 0 aliphatic carbocycles. The van der Waals surface area contributed by atoms with Crippen LogP contribution in [-0.4, -0.2) is 25.0 Å². The highest BCUT2D eigenvalue weighted by Crippen LogP contribution is 2.38. The number of ether oxygens (including phenoxy) is 1. The number of hydrogen-bond donors (Lipinski definition) is 1. The third kappa shape index (κ3) is 3.43. The van der Waals surface area contributed by atoms with Gasteiger partial charge in [0, 0.05) is 23.9 Å². The van der Waals surface area contributed by atoms with Crippen LogP contribution in [0.2, 0.25) is 0 Å². The van der Waals surface area contributed by atoms with Crippen LogP contribution >= 0.6 is 0 Å². The Morgan fingerprint density at radius 3 is 2.54 bits per heavy atom. The SMILES string of the molecule is CCN1C(=O)C(C)(C)COc2cc(NC(=O)c3ccc(C)cc3)ccc21. The minimum absolute atomic E-state index is 0.0372. The van der Waals surface area contributed by atoms with Crippen molar-refractivity contribution in [1.29, 1.82) is 0 Å². The number of hydrogen-bond acceptors (Lipinski definition) is 3. The van der Waals surface area contributed by atoms with Gasteiger partial charge in [0.15, 0.2) is 0 Å². The first-order valence-corrected chi connectivity index (χ1v) is 8.78. The van der Waals surface area contributed by atoms with E-state index in [1.165, 1.54) is 0 Å². The Kier molecular flexibility index (Phi) is 4.72. The number of nitrogens with one attached hydrogen (secondary N) is 1. The molecule has 5 heteroatoms. The van der Waals surface area contributed by atoms with E-state index in [1.54, 1.807) is 29.2 Å². The Balaban J connectivity index is 1.87. The normalized spacial score (nSPS) is 15.7. The van der Waals surface area contributed by atoms with Gasteiger partial charge in [-0.3, -0.25) is 9.59 Å². The van der Waals surface area contributed by atoms with Crippen LogP contribution in [0, 0.1) is 12.3 Å². The van der Waals surface area contributed by atoms with Gasteiger partial charge in [0.05, 0.1) is 11.1 Å². The molecule has 0 unspecified atom stereocenters. The maximum atomic E-state index is 12.7. The Bertz CT molecular complexity index is 841. The van der Waals surface area contributed by atoms with E-state index in [2.05, 4.69) is 5.32 Å². The lowest BCUT2D eigenvalue weighted by Crippen LogP contribution is -2.42. The number of carbonyl (C=O) groups excluding carboxylic acids is 2. The molecule has 5 nitrogen and oxygen atoms in total. The molecular formula is C21H24N2O3. The van der Waals surface area contributed by atoms with Gasteiger partial charge in [-0.05, 0) is 52.0 Å². The molecule has 0 radical (unpaired) electrons. The van der Waals surface area contributed by atoms with Crippen LogP contribution in [0.1, 0.15) is 36.7 Å². The maximum Gasteiger partial charge on any atom is 0.255 e. The Morgan fingerprint density at radius 2 is 1.88 bits per heavy atom. The van der Waals surface area contributed by atoms with E-state index in [0.29, 0.717) is 30.2 Å². The average molecular weight is 352 g/mol. The highest BCUT2D eigenvalue weighted by atomic mass is 16.5. The van der Waals surface area contributed by atoms with Gasteiger partial charge in [-0.1, -0.05) is 17.7 Å². The summed E-state index contributed by atoms with van der Waals surface area (Å²) in [7, 11) is 0. The standard InChI is InChI=1S/C21H24N2O3/c1-5-23-17-11-10-16(12-18(17)26-13-21(3,4)20(23)25)22-19(24)15-8-6-14(2)7-9-15/h6-12H,5,13H2,1-4H3,(H,22,24). The second-order valence-electron chi connectivity index (χ2n) is 7.22. The highest BCUT2D eigenvalue weighted by Gasteiger charge is 2.37. The molecule has 2 aromatic rings. The van der Waals surface area contributed by atoms with Crippen LogP contribution in [0.25, 0.3) is 0 Å². The summed E-state index contributed by atoms with van der Waals surface area (Å²) < 4.78 is 5.90. The van der Waals surface area contributed by atoms with Gasteiger partial charge in [0.2, 0.25) is 5.91 Å². The highest BCUT2D eigenvalue weighted by molar-refractivity contribution is 6.05. The summed E-state index contributed by atoms with van der Waals surface area (Å²) in [5.41, 5.74) is 2.47. The van der Waals surface area contributed by atoms with Gasteiger partial charge in [-0.15, -0.1) is 0 Å². The molecule has 3 rings (SSSR count). The van der Waals surface area contributed by atoms with Gasteiger partial charge >= 0.3 is 0 Å². The van der Waals surface area contributed by atoms with Crippen LogP contribution in [0.4, 0.5) is 11.4 Å².